The molecule has 0 amide bonds. The molecule has 2 unspecified atom stereocenters. The molecule has 2 atom stereocenters. The molecule has 2 rings (SSSR count). The summed E-state index contributed by atoms with van der Waals surface area (Å²) in [5.74, 6) is 1.34. The van der Waals surface area contributed by atoms with Gasteiger partial charge in [0.05, 0.1) is 6.10 Å². The van der Waals surface area contributed by atoms with Crippen LogP contribution in [-0.4, -0.2) is 35.6 Å². The van der Waals surface area contributed by atoms with E-state index in [2.05, 4.69) is 0 Å². The Morgan fingerprint density at radius 3 is 2.29 bits per heavy atom. The molecule has 1 fully saturated rings. The molecule has 6 N–H and O–H groups in total. The fourth-order valence-electron chi connectivity index (χ4n) is 2.92. The number of anilines is 1. The second-order valence-corrected chi connectivity index (χ2v) is 5.95. The molecule has 0 spiro atoms. The third-order valence-corrected chi connectivity index (χ3v) is 4.40. The Hall–Kier alpha value is -1.30. The molecule has 0 bridgehead atoms. The van der Waals surface area contributed by atoms with Gasteiger partial charge in [-0.15, -0.1) is 0 Å². The summed E-state index contributed by atoms with van der Waals surface area (Å²) in [6.07, 6.45) is 2.29. The Labute approximate surface area is 125 Å². The van der Waals surface area contributed by atoms with Crippen LogP contribution in [0.3, 0.4) is 0 Å². The van der Waals surface area contributed by atoms with Gasteiger partial charge in [0.2, 0.25) is 0 Å². The number of nitrogens with two attached hydrogens (primary N) is 2. The zero-order valence-electron chi connectivity index (χ0n) is 12.3. The van der Waals surface area contributed by atoms with Gasteiger partial charge in [-0.3, -0.25) is 0 Å². The zero-order valence-corrected chi connectivity index (χ0v) is 12.3. The third-order valence-electron chi connectivity index (χ3n) is 4.40. The van der Waals surface area contributed by atoms with Gasteiger partial charge in [-0.05, 0) is 68.3 Å². The number of rotatable bonds is 6. The van der Waals surface area contributed by atoms with Crippen molar-refractivity contribution in [2.75, 3.05) is 18.9 Å². The molecule has 5 heteroatoms. The van der Waals surface area contributed by atoms with Crippen LogP contribution in [0.4, 0.5) is 5.69 Å². The monoisotopic (exact) mass is 294 g/mol. The first-order valence-electron chi connectivity index (χ1n) is 7.64. The average molecular weight is 294 g/mol. The average Bonchev–Trinajstić information content (AvgIpc) is 2.53. The molecule has 5 nitrogen and oxygen atoms in total. The maximum absolute atomic E-state index is 10.2. The molecular formula is C16H26N2O3. The van der Waals surface area contributed by atoms with Crippen LogP contribution >= 0.6 is 0 Å². The largest absolute Gasteiger partial charge is 0.491 e. The van der Waals surface area contributed by atoms with Crippen molar-refractivity contribution in [1.82, 2.24) is 0 Å². The van der Waals surface area contributed by atoms with Crippen molar-refractivity contribution in [1.29, 1.82) is 0 Å². The van der Waals surface area contributed by atoms with Crippen molar-refractivity contribution in [2.24, 2.45) is 17.6 Å². The third kappa shape index (κ3) is 4.59. The highest BCUT2D eigenvalue weighted by Gasteiger charge is 2.30. The van der Waals surface area contributed by atoms with E-state index < -0.39 is 12.2 Å². The van der Waals surface area contributed by atoms with Crippen LogP contribution in [0.5, 0.6) is 5.75 Å². The van der Waals surface area contributed by atoms with Crippen molar-refractivity contribution in [3.05, 3.63) is 24.3 Å². The minimum Gasteiger partial charge on any atom is -0.491 e. The molecule has 1 saturated carbocycles. The van der Waals surface area contributed by atoms with E-state index in [4.69, 9.17) is 16.2 Å². The highest BCUT2D eigenvalue weighted by atomic mass is 16.5. The Balaban J connectivity index is 1.77. The smallest absolute Gasteiger partial charge is 0.119 e. The molecule has 1 aliphatic rings. The van der Waals surface area contributed by atoms with Gasteiger partial charge in [-0.25, -0.2) is 0 Å². The summed E-state index contributed by atoms with van der Waals surface area (Å²) < 4.78 is 5.49. The van der Waals surface area contributed by atoms with Crippen molar-refractivity contribution in [3.8, 4) is 5.75 Å². The lowest BCUT2D eigenvalue weighted by atomic mass is 9.78. The Morgan fingerprint density at radius 1 is 1.10 bits per heavy atom. The van der Waals surface area contributed by atoms with Gasteiger partial charge in [0.15, 0.2) is 0 Å². The van der Waals surface area contributed by atoms with E-state index in [0.29, 0.717) is 23.9 Å². The van der Waals surface area contributed by atoms with E-state index in [1.165, 1.54) is 0 Å². The maximum atomic E-state index is 10.2. The molecule has 0 heterocycles. The summed E-state index contributed by atoms with van der Waals surface area (Å²) in [7, 11) is 0. The normalized spacial score (nSPS) is 25.3. The topological polar surface area (TPSA) is 102 Å². The van der Waals surface area contributed by atoms with Gasteiger partial charge in [0.1, 0.15) is 18.5 Å². The number of hydrogen-bond acceptors (Lipinski definition) is 5. The molecule has 0 aromatic heterocycles. The van der Waals surface area contributed by atoms with Crippen LogP contribution in [0, 0.1) is 11.8 Å². The molecular weight excluding hydrogens is 268 g/mol. The van der Waals surface area contributed by atoms with E-state index in [-0.39, 0.29) is 12.5 Å². The number of benzene rings is 1. The van der Waals surface area contributed by atoms with Gasteiger partial charge in [0, 0.05) is 5.69 Å². The predicted octanol–water partition coefficient (Wildman–Crippen LogP) is 1.13. The summed E-state index contributed by atoms with van der Waals surface area (Å²) >= 11 is 0. The SMILES string of the molecule is NCC1CCC(C(O)C(O)COc2ccc(N)cc2)CC1. The second kappa shape index (κ2) is 7.64. The first-order valence-corrected chi connectivity index (χ1v) is 7.64. The highest BCUT2D eigenvalue weighted by molar-refractivity contribution is 5.41. The van der Waals surface area contributed by atoms with Crippen LogP contribution in [0.25, 0.3) is 0 Å². The van der Waals surface area contributed by atoms with Gasteiger partial charge in [-0.2, -0.15) is 0 Å². The van der Waals surface area contributed by atoms with E-state index >= 15 is 0 Å². The summed E-state index contributed by atoms with van der Waals surface area (Å²) in [5, 5.41) is 20.3. The predicted molar refractivity (Wildman–Crippen MR) is 82.9 cm³/mol. The Kier molecular flexibility index (Phi) is 5.85. The molecule has 0 aliphatic heterocycles. The fourth-order valence-corrected chi connectivity index (χ4v) is 2.92. The Morgan fingerprint density at radius 2 is 1.71 bits per heavy atom. The number of aliphatic hydroxyl groups is 2. The van der Waals surface area contributed by atoms with Crippen molar-refractivity contribution in [3.63, 3.8) is 0 Å². The molecule has 1 aromatic carbocycles. The van der Waals surface area contributed by atoms with E-state index in [9.17, 15) is 10.2 Å². The van der Waals surface area contributed by atoms with E-state index in [1.807, 2.05) is 0 Å². The number of aliphatic hydroxyl groups excluding tert-OH is 2. The molecule has 1 aliphatic carbocycles. The minimum atomic E-state index is -0.873. The quantitative estimate of drug-likeness (QED) is 0.589. The lowest BCUT2D eigenvalue weighted by Crippen LogP contribution is -2.39. The minimum absolute atomic E-state index is 0.0852. The summed E-state index contributed by atoms with van der Waals surface area (Å²) in [4.78, 5) is 0. The summed E-state index contributed by atoms with van der Waals surface area (Å²) in [5.41, 5.74) is 11.9. The highest BCUT2D eigenvalue weighted by Crippen LogP contribution is 2.31. The Bertz CT molecular complexity index is 416. The first kappa shape index (κ1) is 16.1. The van der Waals surface area contributed by atoms with Gasteiger partial charge in [-0.1, -0.05) is 0 Å². The standard InChI is InChI=1S/C16H26N2O3/c17-9-11-1-3-12(4-2-11)16(20)15(19)10-21-14-7-5-13(18)6-8-14/h5-8,11-12,15-16,19-20H,1-4,9-10,17-18H2. The summed E-state index contributed by atoms with van der Waals surface area (Å²) in [6.45, 7) is 0.799. The van der Waals surface area contributed by atoms with E-state index in [1.54, 1.807) is 24.3 Å². The van der Waals surface area contributed by atoms with Crippen LogP contribution in [-0.2, 0) is 0 Å². The molecule has 1 aromatic rings. The van der Waals surface area contributed by atoms with Crippen LogP contribution in [0.15, 0.2) is 24.3 Å². The molecule has 0 saturated heterocycles. The molecule has 0 radical (unpaired) electrons. The molecule has 118 valence electrons. The van der Waals surface area contributed by atoms with Crippen LogP contribution in [0.2, 0.25) is 0 Å². The lowest BCUT2D eigenvalue weighted by Gasteiger charge is -2.32. The maximum Gasteiger partial charge on any atom is 0.119 e. The zero-order chi connectivity index (χ0) is 15.2. The van der Waals surface area contributed by atoms with Gasteiger partial charge < -0.3 is 26.4 Å². The molecule has 21 heavy (non-hydrogen) atoms. The van der Waals surface area contributed by atoms with Crippen molar-refractivity contribution >= 4 is 5.69 Å². The van der Waals surface area contributed by atoms with Crippen molar-refractivity contribution in [2.45, 2.75) is 37.9 Å². The second-order valence-electron chi connectivity index (χ2n) is 5.95. The van der Waals surface area contributed by atoms with E-state index in [0.717, 1.165) is 25.7 Å². The fraction of sp³-hybridized carbons (Fsp3) is 0.625. The van der Waals surface area contributed by atoms with Gasteiger partial charge in [0.25, 0.3) is 0 Å². The summed E-state index contributed by atoms with van der Waals surface area (Å²) in [6, 6.07) is 6.99. The number of nitrogen functional groups attached to an aromatic ring is 1. The first-order chi connectivity index (χ1) is 10.1. The number of hydrogen-bond donors (Lipinski definition) is 4. The lowest BCUT2D eigenvalue weighted by molar-refractivity contribution is -0.0487. The number of ether oxygens (including phenoxy) is 1. The van der Waals surface area contributed by atoms with Gasteiger partial charge >= 0.3 is 0 Å². The van der Waals surface area contributed by atoms with Crippen LogP contribution in [0.1, 0.15) is 25.7 Å². The van der Waals surface area contributed by atoms with Crippen LogP contribution < -0.4 is 16.2 Å². The van der Waals surface area contributed by atoms with Crippen molar-refractivity contribution < 1.29 is 14.9 Å².